The van der Waals surface area contributed by atoms with Crippen LogP contribution >= 0.6 is 0 Å². The minimum atomic E-state index is -1.17. The zero-order chi connectivity index (χ0) is 25.0. The average Bonchev–Trinajstić information content (AvgIpc) is 3.28. The molecule has 0 spiro atoms. The Labute approximate surface area is 193 Å². The molecule has 0 fully saturated rings. The number of amides is 3. The van der Waals surface area contributed by atoms with Gasteiger partial charge < -0.3 is 37.5 Å². The number of hydrogen-bond acceptors (Lipinski definition) is 7. The van der Waals surface area contributed by atoms with E-state index in [-0.39, 0.29) is 18.8 Å². The van der Waals surface area contributed by atoms with Crippen molar-refractivity contribution in [3.63, 3.8) is 0 Å². The van der Waals surface area contributed by atoms with Crippen LogP contribution in [0.1, 0.15) is 52.1 Å². The molecule has 186 valence electrons. The average molecular weight is 468 g/mol. The molecule has 0 aliphatic heterocycles. The fraction of sp³-hybridized carbons (Fsp3) is 0.667. The number of nitrogens with two attached hydrogens (primary N) is 2. The molecule has 0 radical (unpaired) electrons. The van der Waals surface area contributed by atoms with Crippen molar-refractivity contribution in [2.75, 3.05) is 6.54 Å². The third kappa shape index (κ3) is 9.58. The highest BCUT2D eigenvalue weighted by Crippen LogP contribution is 2.10. The summed E-state index contributed by atoms with van der Waals surface area (Å²) in [5, 5.41) is 17.3. The molecule has 1 heterocycles. The second-order valence-corrected chi connectivity index (χ2v) is 8.19. The molecule has 12 heteroatoms. The van der Waals surface area contributed by atoms with Crippen molar-refractivity contribution in [2.45, 2.75) is 77.0 Å². The lowest BCUT2D eigenvalue weighted by molar-refractivity contribution is -0.142. The summed E-state index contributed by atoms with van der Waals surface area (Å²) in [5.41, 5.74) is 11.6. The summed E-state index contributed by atoms with van der Waals surface area (Å²) in [6.07, 6.45) is 4.96. The molecule has 1 aromatic heterocycles. The summed E-state index contributed by atoms with van der Waals surface area (Å²) in [5.74, 6) is -3.11. The largest absolute Gasteiger partial charge is 0.480 e. The summed E-state index contributed by atoms with van der Waals surface area (Å²) in [6.45, 7) is 5.60. The molecular formula is C21H37N7O5. The minimum absolute atomic E-state index is 0.0567. The molecule has 0 saturated carbocycles. The topological polar surface area (TPSA) is 205 Å². The molecule has 1 rings (SSSR count). The van der Waals surface area contributed by atoms with Gasteiger partial charge in [0.2, 0.25) is 17.7 Å². The first-order valence-electron chi connectivity index (χ1n) is 11.2. The Morgan fingerprint density at radius 1 is 1.06 bits per heavy atom. The van der Waals surface area contributed by atoms with Crippen LogP contribution in [0.15, 0.2) is 12.5 Å². The Morgan fingerprint density at radius 3 is 2.24 bits per heavy atom. The minimum Gasteiger partial charge on any atom is -0.480 e. The zero-order valence-corrected chi connectivity index (χ0v) is 19.5. The SMILES string of the molecule is CCC(C)C(NC(=O)C(C)N)C(=O)NC(Cc1cnc[nH]1)C(=O)NC(CCCCN)C(=O)O. The first-order chi connectivity index (χ1) is 15.6. The Hall–Kier alpha value is -2.99. The fourth-order valence-electron chi connectivity index (χ4n) is 3.10. The monoisotopic (exact) mass is 467 g/mol. The van der Waals surface area contributed by atoms with E-state index in [2.05, 4.69) is 25.9 Å². The summed E-state index contributed by atoms with van der Waals surface area (Å²) < 4.78 is 0. The number of carbonyl (C=O) groups is 4. The van der Waals surface area contributed by atoms with E-state index in [9.17, 15) is 24.3 Å². The van der Waals surface area contributed by atoms with Crippen LogP contribution in [0.4, 0.5) is 0 Å². The van der Waals surface area contributed by atoms with Gasteiger partial charge in [0.25, 0.3) is 0 Å². The van der Waals surface area contributed by atoms with E-state index in [1.165, 1.54) is 19.4 Å². The second kappa shape index (κ2) is 14.2. The van der Waals surface area contributed by atoms with E-state index in [0.29, 0.717) is 31.5 Å². The van der Waals surface area contributed by atoms with E-state index in [4.69, 9.17) is 11.5 Å². The molecule has 33 heavy (non-hydrogen) atoms. The summed E-state index contributed by atoms with van der Waals surface area (Å²) in [7, 11) is 0. The number of aliphatic carboxylic acids is 1. The number of carboxylic acids is 1. The normalized spacial score (nSPS) is 15.5. The number of rotatable bonds is 15. The Bertz CT molecular complexity index is 769. The zero-order valence-electron chi connectivity index (χ0n) is 19.5. The number of aromatic amines is 1. The lowest BCUT2D eigenvalue weighted by atomic mass is 9.97. The van der Waals surface area contributed by atoms with Crippen LogP contribution in [0.3, 0.4) is 0 Å². The van der Waals surface area contributed by atoms with Crippen LogP contribution in [-0.2, 0) is 25.6 Å². The number of nitrogens with zero attached hydrogens (tertiary/aromatic N) is 1. The van der Waals surface area contributed by atoms with Gasteiger partial charge in [0.1, 0.15) is 18.1 Å². The van der Waals surface area contributed by atoms with Crippen molar-refractivity contribution < 1.29 is 24.3 Å². The van der Waals surface area contributed by atoms with E-state index >= 15 is 0 Å². The maximum Gasteiger partial charge on any atom is 0.326 e. The van der Waals surface area contributed by atoms with E-state index in [1.807, 2.05) is 6.92 Å². The number of aromatic nitrogens is 2. The van der Waals surface area contributed by atoms with Crippen LogP contribution in [0, 0.1) is 5.92 Å². The standard InChI is InChI=1S/C21H37N7O5/c1-4-12(2)17(28-18(29)13(3)23)20(31)27-16(9-14-10-24-11-25-14)19(30)26-15(21(32)33)7-5-6-8-22/h10-13,15-17H,4-9,22-23H2,1-3H3,(H,24,25)(H,26,30)(H,27,31)(H,28,29)(H,32,33). The highest BCUT2D eigenvalue weighted by Gasteiger charge is 2.32. The van der Waals surface area contributed by atoms with Gasteiger partial charge in [-0.05, 0) is 38.6 Å². The number of carboxylic acid groups (broad SMARTS) is 1. The lowest BCUT2D eigenvalue weighted by Crippen LogP contribution is -2.58. The van der Waals surface area contributed by atoms with E-state index < -0.39 is 47.9 Å². The molecule has 0 aliphatic rings. The third-order valence-electron chi connectivity index (χ3n) is 5.38. The predicted octanol–water partition coefficient (Wildman–Crippen LogP) is -0.986. The van der Waals surface area contributed by atoms with E-state index in [1.54, 1.807) is 6.92 Å². The van der Waals surface area contributed by atoms with Gasteiger partial charge >= 0.3 is 5.97 Å². The van der Waals surface area contributed by atoms with Crippen molar-refractivity contribution in [1.29, 1.82) is 0 Å². The van der Waals surface area contributed by atoms with Crippen LogP contribution in [0.5, 0.6) is 0 Å². The van der Waals surface area contributed by atoms with Gasteiger partial charge in [0.05, 0.1) is 12.4 Å². The van der Waals surface area contributed by atoms with Crippen molar-refractivity contribution in [3.05, 3.63) is 18.2 Å². The molecule has 5 atom stereocenters. The van der Waals surface area contributed by atoms with E-state index in [0.717, 1.165) is 0 Å². The second-order valence-electron chi connectivity index (χ2n) is 8.19. The summed E-state index contributed by atoms with van der Waals surface area (Å²) in [4.78, 5) is 56.6. The maximum atomic E-state index is 13.1. The Kier molecular flexibility index (Phi) is 12.1. The number of hydrogen-bond donors (Lipinski definition) is 7. The molecule has 3 amide bonds. The fourth-order valence-corrected chi connectivity index (χ4v) is 3.10. The molecule has 0 aliphatic carbocycles. The van der Waals surface area contributed by atoms with Crippen LogP contribution in [0.25, 0.3) is 0 Å². The molecule has 0 saturated heterocycles. The summed E-state index contributed by atoms with van der Waals surface area (Å²) in [6, 6.07) is -3.93. The van der Waals surface area contributed by atoms with Crippen LogP contribution < -0.4 is 27.4 Å². The molecule has 5 unspecified atom stereocenters. The quantitative estimate of drug-likeness (QED) is 0.159. The molecule has 9 N–H and O–H groups in total. The lowest BCUT2D eigenvalue weighted by Gasteiger charge is -2.27. The summed E-state index contributed by atoms with van der Waals surface area (Å²) >= 11 is 0. The maximum absolute atomic E-state index is 13.1. The molecule has 1 aromatic rings. The van der Waals surface area contributed by atoms with Gasteiger partial charge in [-0.25, -0.2) is 9.78 Å². The van der Waals surface area contributed by atoms with Gasteiger partial charge in [-0.1, -0.05) is 20.3 Å². The smallest absolute Gasteiger partial charge is 0.326 e. The van der Waals surface area contributed by atoms with Gasteiger partial charge in [-0.3, -0.25) is 14.4 Å². The first kappa shape index (κ1) is 28.0. The molecule has 0 aromatic carbocycles. The van der Waals surface area contributed by atoms with Crippen molar-refractivity contribution >= 4 is 23.7 Å². The van der Waals surface area contributed by atoms with Gasteiger partial charge in [0, 0.05) is 18.3 Å². The number of imidazole rings is 1. The highest BCUT2D eigenvalue weighted by molar-refractivity contribution is 5.94. The molecule has 0 bridgehead atoms. The van der Waals surface area contributed by atoms with Crippen LogP contribution in [0.2, 0.25) is 0 Å². The van der Waals surface area contributed by atoms with Gasteiger partial charge in [-0.15, -0.1) is 0 Å². The first-order valence-corrected chi connectivity index (χ1v) is 11.2. The van der Waals surface area contributed by atoms with Crippen molar-refractivity contribution in [2.24, 2.45) is 17.4 Å². The Balaban J connectivity index is 3.03. The molecule has 12 nitrogen and oxygen atoms in total. The van der Waals surface area contributed by atoms with Crippen LogP contribution in [-0.4, -0.2) is 69.5 Å². The predicted molar refractivity (Wildman–Crippen MR) is 122 cm³/mol. The number of H-pyrrole nitrogens is 1. The highest BCUT2D eigenvalue weighted by atomic mass is 16.4. The number of nitrogens with one attached hydrogen (secondary N) is 4. The number of unbranched alkanes of at least 4 members (excludes halogenated alkanes) is 1. The molecular weight excluding hydrogens is 430 g/mol. The Morgan fingerprint density at radius 2 is 1.73 bits per heavy atom. The third-order valence-corrected chi connectivity index (χ3v) is 5.38. The van der Waals surface area contributed by atoms with Gasteiger partial charge in [-0.2, -0.15) is 0 Å². The van der Waals surface area contributed by atoms with Crippen molar-refractivity contribution in [3.8, 4) is 0 Å². The number of carbonyl (C=O) groups excluding carboxylic acids is 3. The van der Waals surface area contributed by atoms with Gasteiger partial charge in [0.15, 0.2) is 0 Å². The van der Waals surface area contributed by atoms with Crippen molar-refractivity contribution in [1.82, 2.24) is 25.9 Å².